The van der Waals surface area contributed by atoms with Crippen molar-refractivity contribution in [2.24, 2.45) is 9.98 Å². The maximum atomic E-state index is 6.07. The van der Waals surface area contributed by atoms with Gasteiger partial charge in [-0.25, -0.2) is 30.4 Å². The summed E-state index contributed by atoms with van der Waals surface area (Å²) in [6.45, 7) is 5.64. The molecule has 0 aliphatic carbocycles. The van der Waals surface area contributed by atoms with Gasteiger partial charge >= 0.3 is 0 Å². The molecule has 0 radical (unpaired) electrons. The van der Waals surface area contributed by atoms with E-state index < -0.39 is 0 Å². The van der Waals surface area contributed by atoms with Crippen LogP contribution in [0.15, 0.2) is 58.6 Å². The molecule has 3 aromatic rings. The second kappa shape index (κ2) is 9.21. The highest BCUT2D eigenvalue weighted by Gasteiger charge is 2.49. The van der Waals surface area contributed by atoms with Crippen molar-refractivity contribution in [3.63, 3.8) is 0 Å². The molecule has 0 saturated carbocycles. The SMILES string of the molecule is COc1ccc2ncnc(Nc3ccc(OC4=CC5=NCNN5C=N4)c(C)c3)c2c1N1CC2(CCCN2C)C1. The van der Waals surface area contributed by atoms with E-state index in [9.17, 15) is 0 Å². The highest BCUT2D eigenvalue weighted by Crippen LogP contribution is 2.46. The van der Waals surface area contributed by atoms with Crippen LogP contribution in [-0.4, -0.2) is 78.1 Å². The first-order valence-corrected chi connectivity index (χ1v) is 13.2. The van der Waals surface area contributed by atoms with Gasteiger partial charge in [0, 0.05) is 24.9 Å². The number of amidine groups is 1. The zero-order valence-corrected chi connectivity index (χ0v) is 22.3. The maximum absolute atomic E-state index is 6.07. The number of aromatic nitrogens is 2. The number of hydrazine groups is 1. The molecule has 0 bridgehead atoms. The van der Waals surface area contributed by atoms with E-state index in [1.165, 1.54) is 12.8 Å². The monoisotopic (exact) mass is 525 g/mol. The van der Waals surface area contributed by atoms with E-state index in [0.717, 1.165) is 70.6 Å². The van der Waals surface area contributed by atoms with Crippen LogP contribution in [0.25, 0.3) is 10.9 Å². The summed E-state index contributed by atoms with van der Waals surface area (Å²) in [6.07, 6.45) is 7.57. The van der Waals surface area contributed by atoms with Gasteiger partial charge in [0.2, 0.25) is 5.88 Å². The molecule has 1 spiro atoms. The maximum Gasteiger partial charge on any atom is 0.224 e. The highest BCUT2D eigenvalue weighted by molar-refractivity contribution is 6.04. The van der Waals surface area contributed by atoms with Gasteiger partial charge in [0.15, 0.2) is 0 Å². The summed E-state index contributed by atoms with van der Waals surface area (Å²) < 4.78 is 11.9. The number of methoxy groups -OCH3 is 1. The normalized spacial score (nSPS) is 19.7. The van der Waals surface area contributed by atoms with E-state index in [1.807, 2.05) is 43.3 Å². The van der Waals surface area contributed by atoms with Crippen LogP contribution in [0, 0.1) is 6.92 Å². The molecule has 39 heavy (non-hydrogen) atoms. The topological polar surface area (TPSA) is 103 Å². The summed E-state index contributed by atoms with van der Waals surface area (Å²) in [4.78, 5) is 22.9. The molecular weight excluding hydrogens is 494 g/mol. The minimum atomic E-state index is 0.250. The Bertz CT molecular complexity index is 1540. The molecule has 2 aromatic carbocycles. The Kier molecular flexibility index (Phi) is 5.64. The number of aliphatic imine (C=N–C) groups is 2. The number of hydrogen-bond acceptors (Lipinski definition) is 11. The van der Waals surface area contributed by atoms with Crippen molar-refractivity contribution in [2.75, 3.05) is 50.7 Å². The lowest BCUT2D eigenvalue weighted by molar-refractivity contribution is 0.133. The van der Waals surface area contributed by atoms with Crippen LogP contribution in [0.2, 0.25) is 0 Å². The van der Waals surface area contributed by atoms with Crippen molar-refractivity contribution >= 4 is 40.3 Å². The molecule has 4 aliphatic rings. The summed E-state index contributed by atoms with van der Waals surface area (Å²) in [5.74, 6) is 3.58. The molecule has 2 saturated heterocycles. The van der Waals surface area contributed by atoms with Gasteiger partial charge in [-0.05, 0) is 69.3 Å². The summed E-state index contributed by atoms with van der Waals surface area (Å²) in [5.41, 5.74) is 7.13. The molecule has 0 amide bonds. The number of fused-ring (bicyclic) bond motifs is 2. The summed E-state index contributed by atoms with van der Waals surface area (Å²) in [5, 5.41) is 6.27. The number of rotatable bonds is 6. The molecule has 2 N–H and O–H groups in total. The Hall–Kier alpha value is -4.22. The average molecular weight is 526 g/mol. The molecular formula is C28H31N9O2. The van der Waals surface area contributed by atoms with Gasteiger partial charge in [-0.1, -0.05) is 0 Å². The van der Waals surface area contributed by atoms with E-state index in [4.69, 9.17) is 9.47 Å². The lowest BCUT2D eigenvalue weighted by Crippen LogP contribution is -2.67. The first-order chi connectivity index (χ1) is 19.0. The quantitative estimate of drug-likeness (QED) is 0.501. The number of aryl methyl sites for hydroxylation is 1. The van der Waals surface area contributed by atoms with Crippen LogP contribution in [0.5, 0.6) is 11.5 Å². The van der Waals surface area contributed by atoms with Crippen molar-refractivity contribution in [1.82, 2.24) is 25.3 Å². The Labute approximate surface area is 226 Å². The summed E-state index contributed by atoms with van der Waals surface area (Å²) in [6, 6.07) is 9.96. The number of likely N-dealkylation sites (tertiary alicyclic amines) is 1. The van der Waals surface area contributed by atoms with Crippen LogP contribution in [0.1, 0.15) is 18.4 Å². The largest absolute Gasteiger partial charge is 0.495 e. The number of nitrogens with one attached hydrogen (secondary N) is 2. The van der Waals surface area contributed by atoms with Crippen LogP contribution >= 0.6 is 0 Å². The number of benzene rings is 2. The number of nitrogens with zero attached hydrogens (tertiary/aromatic N) is 7. The van der Waals surface area contributed by atoms with E-state index in [0.29, 0.717) is 12.6 Å². The first-order valence-electron chi connectivity index (χ1n) is 13.2. The third-order valence-corrected chi connectivity index (χ3v) is 8.13. The molecule has 11 nitrogen and oxygen atoms in total. The zero-order chi connectivity index (χ0) is 26.6. The molecule has 2 fully saturated rings. The third-order valence-electron chi connectivity index (χ3n) is 8.13. The second-order valence-electron chi connectivity index (χ2n) is 10.5. The molecule has 7 rings (SSSR count). The average Bonchev–Trinajstić information content (AvgIpc) is 3.55. The van der Waals surface area contributed by atoms with Gasteiger partial charge in [0.05, 0.1) is 29.2 Å². The van der Waals surface area contributed by atoms with Crippen molar-refractivity contribution in [1.29, 1.82) is 0 Å². The molecule has 5 heterocycles. The Balaban J connectivity index is 1.17. The Morgan fingerprint density at radius 1 is 1.10 bits per heavy atom. The van der Waals surface area contributed by atoms with Crippen molar-refractivity contribution in [2.45, 2.75) is 25.3 Å². The van der Waals surface area contributed by atoms with Gasteiger partial charge in [0.25, 0.3) is 0 Å². The highest BCUT2D eigenvalue weighted by atomic mass is 16.5. The molecule has 1 aromatic heterocycles. The third kappa shape index (κ3) is 4.05. The Morgan fingerprint density at radius 3 is 2.77 bits per heavy atom. The number of anilines is 3. The predicted molar refractivity (Wildman–Crippen MR) is 152 cm³/mol. The molecule has 11 heteroatoms. The van der Waals surface area contributed by atoms with Gasteiger partial charge in [-0.2, -0.15) is 0 Å². The van der Waals surface area contributed by atoms with E-state index >= 15 is 0 Å². The van der Waals surface area contributed by atoms with Crippen molar-refractivity contribution in [3.8, 4) is 11.5 Å². The standard InChI is InChI=1S/C28H31N9O2/c1-18-11-19(5-7-21(18)39-24-12-23-30-16-33-37(23)17-32-24)34-27-25-20(29-15-31-27)6-8-22(38-3)26(25)36-13-28(14-36)9-4-10-35(28)2/h5-8,11-12,15,17,33H,4,9-10,13-14,16H2,1-3H3,(H,29,31,34). The second-order valence-corrected chi connectivity index (χ2v) is 10.5. The van der Waals surface area contributed by atoms with E-state index in [1.54, 1.807) is 24.8 Å². The smallest absolute Gasteiger partial charge is 0.224 e. The fourth-order valence-electron chi connectivity index (χ4n) is 5.96. The Morgan fingerprint density at radius 2 is 1.97 bits per heavy atom. The molecule has 200 valence electrons. The summed E-state index contributed by atoms with van der Waals surface area (Å²) >= 11 is 0. The molecule has 0 atom stereocenters. The van der Waals surface area contributed by atoms with Gasteiger partial charge < -0.3 is 19.7 Å². The van der Waals surface area contributed by atoms with Crippen molar-refractivity contribution in [3.05, 3.63) is 54.2 Å². The number of likely N-dealkylation sites (N-methyl/N-ethyl adjacent to an activating group) is 1. The number of hydrogen-bond donors (Lipinski definition) is 2. The minimum absolute atomic E-state index is 0.250. The lowest BCUT2D eigenvalue weighted by atomic mass is 9.86. The molecule has 0 unspecified atom stereocenters. The van der Waals surface area contributed by atoms with Crippen LogP contribution in [0.3, 0.4) is 0 Å². The zero-order valence-electron chi connectivity index (χ0n) is 22.3. The summed E-state index contributed by atoms with van der Waals surface area (Å²) in [7, 11) is 3.96. The van der Waals surface area contributed by atoms with Crippen LogP contribution in [-0.2, 0) is 0 Å². The number of ether oxygens (including phenoxy) is 2. The lowest BCUT2D eigenvalue weighted by Gasteiger charge is -2.53. The fourth-order valence-corrected chi connectivity index (χ4v) is 5.96. The van der Waals surface area contributed by atoms with Gasteiger partial charge in [-0.15, -0.1) is 0 Å². The predicted octanol–water partition coefficient (Wildman–Crippen LogP) is 3.41. The van der Waals surface area contributed by atoms with Crippen LogP contribution < -0.4 is 25.1 Å². The molecule has 4 aliphatic heterocycles. The van der Waals surface area contributed by atoms with Crippen LogP contribution in [0.4, 0.5) is 17.2 Å². The van der Waals surface area contributed by atoms with E-state index in [2.05, 4.69) is 47.5 Å². The van der Waals surface area contributed by atoms with Gasteiger partial charge in [0.1, 0.15) is 42.5 Å². The fraction of sp³-hybridized carbons (Fsp3) is 0.357. The van der Waals surface area contributed by atoms with Crippen molar-refractivity contribution < 1.29 is 9.47 Å². The first kappa shape index (κ1) is 23.9. The van der Waals surface area contributed by atoms with E-state index in [-0.39, 0.29) is 5.54 Å². The minimum Gasteiger partial charge on any atom is -0.495 e. The van der Waals surface area contributed by atoms with Gasteiger partial charge in [-0.3, -0.25) is 4.90 Å².